The quantitative estimate of drug-likeness (QED) is 0.257. The highest BCUT2D eigenvalue weighted by Gasteiger charge is 2.30. The average Bonchev–Trinajstić information content (AvgIpc) is 3.62. The number of hydrogen-bond acceptors (Lipinski definition) is 7. The Morgan fingerprint density at radius 3 is 2.78 bits per heavy atom. The smallest absolute Gasteiger partial charge is 0.295 e. The van der Waals surface area contributed by atoms with E-state index in [9.17, 15) is 9.59 Å². The van der Waals surface area contributed by atoms with E-state index in [4.69, 9.17) is 27.8 Å². The van der Waals surface area contributed by atoms with Crippen LogP contribution in [-0.4, -0.2) is 66.4 Å². The van der Waals surface area contributed by atoms with E-state index in [0.717, 1.165) is 17.1 Å². The van der Waals surface area contributed by atoms with E-state index in [0.29, 0.717) is 0 Å². The average molecular weight is 495 g/mol. The van der Waals surface area contributed by atoms with Crippen LogP contribution in [0.15, 0.2) is 48.7 Å². The van der Waals surface area contributed by atoms with Gasteiger partial charge in [0.2, 0.25) is 5.70 Å². The predicted molar refractivity (Wildman–Crippen MR) is 130 cm³/mol. The van der Waals surface area contributed by atoms with Crippen LogP contribution in [0.4, 0.5) is 0 Å². The van der Waals surface area contributed by atoms with E-state index in [1.165, 1.54) is 31.5 Å². The number of aromatic nitrogens is 6. The van der Waals surface area contributed by atoms with Gasteiger partial charge < -0.3 is 14.6 Å². The minimum atomic E-state index is -3.77. The molecule has 0 unspecified atom stereocenters. The fourth-order valence-corrected chi connectivity index (χ4v) is 3.39. The van der Waals surface area contributed by atoms with Gasteiger partial charge in [0, 0.05) is 40.5 Å². The van der Waals surface area contributed by atoms with Gasteiger partial charge in [-0.1, -0.05) is 11.6 Å². The van der Waals surface area contributed by atoms with Crippen LogP contribution < -0.4 is 4.74 Å². The molecule has 1 amide bonds. The van der Waals surface area contributed by atoms with Gasteiger partial charge >= 0.3 is 0 Å². The van der Waals surface area contributed by atoms with E-state index in [2.05, 4.69) is 29.9 Å². The van der Waals surface area contributed by atoms with Gasteiger partial charge in [-0.2, -0.15) is 5.10 Å². The molecule has 5 rings (SSSR count). The SMILES string of the molecule is [2H]c1nc(C([2H])([2H])[2H])nn1-c1ncc(OC)c2c(C(=O)C(=O)N3C([2H])([2H])C([2H])([2H])C(=C([N+]#[C-])c4ccccn4)C([2H])([2H])C3([2H])[2H])c[nH]c12. The Balaban J connectivity index is 1.67. The summed E-state index contributed by atoms with van der Waals surface area (Å²) in [5, 5.41) is 3.58. The van der Waals surface area contributed by atoms with Crippen molar-refractivity contribution >= 4 is 28.3 Å². The second-order valence-electron chi connectivity index (χ2n) is 7.04. The molecule has 5 heterocycles. The van der Waals surface area contributed by atoms with Gasteiger partial charge in [-0.25, -0.2) is 19.5 Å². The fourth-order valence-electron chi connectivity index (χ4n) is 3.39. The minimum absolute atomic E-state index is 0.140. The third kappa shape index (κ3) is 3.98. The van der Waals surface area contributed by atoms with Crippen LogP contribution in [0.5, 0.6) is 5.75 Å². The molecule has 180 valence electrons. The first-order chi connectivity index (χ1) is 22.2. The molecule has 0 atom stereocenters. The molecular formula is C25H22N8O3. The summed E-state index contributed by atoms with van der Waals surface area (Å²) < 4.78 is 106. The number of amides is 1. The summed E-state index contributed by atoms with van der Waals surface area (Å²) in [4.78, 5) is 44.7. The molecule has 36 heavy (non-hydrogen) atoms. The maximum atomic E-state index is 13.9. The van der Waals surface area contributed by atoms with Gasteiger partial charge in [-0.15, -0.1) is 0 Å². The summed E-state index contributed by atoms with van der Waals surface area (Å²) in [6, 6.07) is 4.07. The molecule has 0 saturated carbocycles. The zero-order chi connectivity index (χ0) is 35.8. The Hall–Kier alpha value is -4.85. The normalized spacial score (nSPS) is 24.3. The van der Waals surface area contributed by atoms with Crippen LogP contribution in [0.25, 0.3) is 27.3 Å². The number of nitrogens with zero attached hydrogens (tertiary/aromatic N) is 7. The molecule has 1 aliphatic heterocycles. The van der Waals surface area contributed by atoms with E-state index in [1.54, 1.807) is 0 Å². The summed E-state index contributed by atoms with van der Waals surface area (Å²) in [5.41, 5.74) is -3.07. The highest BCUT2D eigenvalue weighted by Crippen LogP contribution is 2.32. The van der Waals surface area contributed by atoms with Crippen LogP contribution in [0.1, 0.15) is 51.1 Å². The van der Waals surface area contributed by atoms with Crippen molar-refractivity contribution in [3.63, 3.8) is 0 Å². The van der Waals surface area contributed by atoms with E-state index in [-0.39, 0.29) is 28.2 Å². The molecular weight excluding hydrogens is 460 g/mol. The lowest BCUT2D eigenvalue weighted by atomic mass is 9.99. The number of aromatic amines is 1. The Kier molecular flexibility index (Phi) is 3.33. The Morgan fingerprint density at radius 2 is 2.11 bits per heavy atom. The fraction of sp³-hybridized carbons (Fsp3) is 0.240. The summed E-state index contributed by atoms with van der Waals surface area (Å²) >= 11 is 0. The first-order valence-electron chi connectivity index (χ1n) is 16.1. The predicted octanol–water partition coefficient (Wildman–Crippen LogP) is 2.99. The largest absolute Gasteiger partial charge is 0.494 e. The van der Waals surface area contributed by atoms with Crippen molar-refractivity contribution in [1.82, 2.24) is 34.6 Å². The highest BCUT2D eigenvalue weighted by atomic mass is 16.5. The third-order valence-corrected chi connectivity index (χ3v) is 5.00. The summed E-state index contributed by atoms with van der Waals surface area (Å²) in [7, 11) is 1.17. The number of ketones is 1. The number of nitrogens with one attached hydrogen (secondary N) is 1. The molecule has 1 aliphatic rings. The number of rotatable bonds is 5. The van der Waals surface area contributed by atoms with Crippen LogP contribution in [0.3, 0.4) is 0 Å². The lowest BCUT2D eigenvalue weighted by Gasteiger charge is -2.28. The Morgan fingerprint density at radius 1 is 1.28 bits per heavy atom. The molecule has 0 radical (unpaired) electrons. The molecule has 0 bridgehead atoms. The first kappa shape index (κ1) is 12.7. The molecule has 0 aliphatic carbocycles. The molecule has 1 fully saturated rings. The van der Waals surface area contributed by atoms with Gasteiger partial charge in [0.15, 0.2) is 5.82 Å². The van der Waals surface area contributed by atoms with E-state index < -0.39 is 78.1 Å². The maximum absolute atomic E-state index is 13.9. The molecule has 4 aromatic heterocycles. The van der Waals surface area contributed by atoms with Crippen molar-refractivity contribution in [3.05, 3.63) is 77.2 Å². The monoisotopic (exact) mass is 494 g/mol. The maximum Gasteiger partial charge on any atom is 0.295 e. The number of piperidine rings is 1. The number of carbonyl (C=O) groups excluding carboxylic acids is 2. The Labute approximate surface area is 223 Å². The standard InChI is InChI=1S/C25H22N8O3/c1-15-30-14-33(31-15)24-22-20(19(36-3)13-29-24)17(12-28-22)23(34)25(35)32-10-7-16(8-11-32)21(26-2)18-6-4-5-9-27-18/h4-6,9,12-14,28H,7-8,10-11H2,1,3H3/i1D3,7D2,8D2,10D2,11D2,14D. The lowest BCUT2D eigenvalue weighted by molar-refractivity contribution is -0.126. The second kappa shape index (κ2) is 9.42. The van der Waals surface area contributed by atoms with Crippen molar-refractivity contribution in [2.45, 2.75) is 19.6 Å². The van der Waals surface area contributed by atoms with Crippen LogP contribution in [0, 0.1) is 13.4 Å². The van der Waals surface area contributed by atoms with Crippen molar-refractivity contribution in [2.75, 3.05) is 20.1 Å². The Bertz CT molecular complexity index is 2020. The number of H-pyrrole nitrogens is 1. The number of likely N-dealkylation sites (tertiary alicyclic amines) is 1. The van der Waals surface area contributed by atoms with E-state index >= 15 is 0 Å². The van der Waals surface area contributed by atoms with Gasteiger partial charge in [0.1, 0.15) is 19.2 Å². The number of carbonyl (C=O) groups is 2. The molecule has 4 aromatic rings. The number of methoxy groups -OCH3 is 1. The van der Waals surface area contributed by atoms with Gasteiger partial charge in [-0.05, 0) is 31.7 Å². The van der Waals surface area contributed by atoms with Gasteiger partial charge in [-0.3, -0.25) is 14.6 Å². The molecule has 1 N–H and O–H groups in total. The highest BCUT2D eigenvalue weighted by molar-refractivity contribution is 6.45. The topological polar surface area (TPSA) is 123 Å². The molecule has 11 heteroatoms. The number of hydrogen-bond donors (Lipinski definition) is 1. The molecule has 1 saturated heterocycles. The van der Waals surface area contributed by atoms with Gasteiger partial charge in [0.05, 0.1) is 42.0 Å². The summed E-state index contributed by atoms with van der Waals surface area (Å²) in [5.74, 6) is -4.74. The lowest BCUT2D eigenvalue weighted by Crippen LogP contribution is -2.40. The molecule has 0 spiro atoms. The van der Waals surface area contributed by atoms with Crippen molar-refractivity contribution in [2.24, 2.45) is 0 Å². The van der Waals surface area contributed by atoms with Crippen LogP contribution >= 0.6 is 0 Å². The third-order valence-electron chi connectivity index (χ3n) is 5.00. The van der Waals surface area contributed by atoms with Gasteiger partial charge in [0.25, 0.3) is 11.7 Å². The number of ether oxygens (including phenoxy) is 1. The summed E-state index contributed by atoms with van der Waals surface area (Å²) in [6.45, 7) is -2.71. The van der Waals surface area contributed by atoms with Crippen LogP contribution in [0.2, 0.25) is 0 Å². The first-order valence-corrected chi connectivity index (χ1v) is 10.1. The minimum Gasteiger partial charge on any atom is -0.494 e. The van der Waals surface area contributed by atoms with E-state index in [1.807, 2.05) is 0 Å². The zero-order valence-corrected chi connectivity index (χ0v) is 18.3. The number of fused-ring (bicyclic) bond motifs is 1. The number of pyridine rings is 2. The van der Waals surface area contributed by atoms with Crippen molar-refractivity contribution in [3.8, 4) is 11.6 Å². The zero-order valence-electron chi connectivity index (χ0n) is 30.3. The second-order valence-corrected chi connectivity index (χ2v) is 7.04. The summed E-state index contributed by atoms with van der Waals surface area (Å²) in [6.07, 6.45) is -4.66. The van der Waals surface area contributed by atoms with Crippen molar-refractivity contribution in [1.29, 1.82) is 0 Å². The van der Waals surface area contributed by atoms with Crippen molar-refractivity contribution < 1.29 is 30.8 Å². The number of aryl methyl sites for hydroxylation is 1. The molecule has 11 nitrogen and oxygen atoms in total. The number of Topliss-reactive ketones (excluding diaryl/α,β-unsaturated/α-hetero) is 1. The van der Waals surface area contributed by atoms with Crippen LogP contribution in [-0.2, 0) is 4.79 Å². The molecule has 0 aromatic carbocycles.